The van der Waals surface area contributed by atoms with Crippen molar-refractivity contribution in [2.24, 2.45) is 0 Å². The second kappa shape index (κ2) is 10.9. The van der Waals surface area contributed by atoms with Crippen molar-refractivity contribution >= 4 is 28.9 Å². The third-order valence-corrected chi connectivity index (χ3v) is 6.96. The number of ether oxygens (including phenoxy) is 1. The van der Waals surface area contributed by atoms with E-state index in [1.165, 1.54) is 4.88 Å². The summed E-state index contributed by atoms with van der Waals surface area (Å²) in [6.45, 7) is 2.82. The minimum atomic E-state index is 0.0160. The molecule has 1 amide bonds. The molecule has 3 heterocycles. The molecule has 0 radical (unpaired) electrons. The first kappa shape index (κ1) is 24.0. The molecule has 180 valence electrons. The summed E-state index contributed by atoms with van der Waals surface area (Å²) in [5.74, 6) is 2.44. The zero-order chi connectivity index (χ0) is 24.1. The van der Waals surface area contributed by atoms with E-state index in [-0.39, 0.29) is 12.0 Å². The molecular formula is C26H33N5O2S. The fraction of sp³-hybridized carbons (Fsp3) is 0.385. The molecule has 0 spiro atoms. The van der Waals surface area contributed by atoms with Gasteiger partial charge in [-0.1, -0.05) is 18.2 Å². The Kier molecular flexibility index (Phi) is 7.70. The molecule has 8 heteroatoms. The van der Waals surface area contributed by atoms with E-state index in [1.807, 2.05) is 62.3 Å². The Morgan fingerprint density at radius 3 is 2.62 bits per heavy atom. The zero-order valence-corrected chi connectivity index (χ0v) is 21.1. The van der Waals surface area contributed by atoms with E-state index in [2.05, 4.69) is 39.9 Å². The Morgan fingerprint density at radius 2 is 1.94 bits per heavy atom. The monoisotopic (exact) mass is 479 g/mol. The lowest BCUT2D eigenvalue weighted by Gasteiger charge is -2.22. The number of aromatic nitrogens is 1. The van der Waals surface area contributed by atoms with Crippen molar-refractivity contribution in [2.45, 2.75) is 19.1 Å². The first-order valence-electron chi connectivity index (χ1n) is 11.6. The molecule has 1 aliphatic heterocycles. The predicted molar refractivity (Wildman–Crippen MR) is 139 cm³/mol. The maximum Gasteiger partial charge on any atom is 0.257 e. The van der Waals surface area contributed by atoms with Crippen LogP contribution in [0.3, 0.4) is 0 Å². The average Bonchev–Trinajstić information content (AvgIpc) is 3.35. The number of thiophene rings is 1. The number of hydrogen-bond acceptors (Lipinski definition) is 7. The van der Waals surface area contributed by atoms with E-state index in [0.717, 1.165) is 42.5 Å². The highest BCUT2D eigenvalue weighted by molar-refractivity contribution is 7.10. The average molecular weight is 480 g/mol. The predicted octanol–water partition coefficient (Wildman–Crippen LogP) is 4.03. The van der Waals surface area contributed by atoms with E-state index in [4.69, 9.17) is 9.72 Å². The summed E-state index contributed by atoms with van der Waals surface area (Å²) in [5.41, 5.74) is 1.72. The Morgan fingerprint density at radius 1 is 1.15 bits per heavy atom. The lowest BCUT2D eigenvalue weighted by atomic mass is 10.1. The summed E-state index contributed by atoms with van der Waals surface area (Å²) in [5, 5.41) is 5.29. The number of likely N-dealkylation sites (N-methyl/N-ethyl adjacent to an activating group) is 1. The van der Waals surface area contributed by atoms with Crippen LogP contribution in [0.1, 0.15) is 33.3 Å². The van der Waals surface area contributed by atoms with Crippen molar-refractivity contribution in [1.82, 2.24) is 15.2 Å². The normalized spacial score (nSPS) is 14.5. The quantitative estimate of drug-likeness (QED) is 0.500. The van der Waals surface area contributed by atoms with Crippen molar-refractivity contribution in [3.63, 3.8) is 0 Å². The Balaban J connectivity index is 1.46. The summed E-state index contributed by atoms with van der Waals surface area (Å²) in [6.07, 6.45) is 0.925. The Labute approximate surface area is 206 Å². The van der Waals surface area contributed by atoms with Gasteiger partial charge in [0.1, 0.15) is 23.5 Å². The lowest BCUT2D eigenvalue weighted by Crippen LogP contribution is -2.33. The van der Waals surface area contributed by atoms with Gasteiger partial charge in [0, 0.05) is 52.1 Å². The van der Waals surface area contributed by atoms with Crippen LogP contribution in [0, 0.1) is 0 Å². The second-order valence-electron chi connectivity index (χ2n) is 8.74. The van der Waals surface area contributed by atoms with Crippen LogP contribution in [0.4, 0.5) is 11.6 Å². The van der Waals surface area contributed by atoms with Crippen LogP contribution in [0.5, 0.6) is 5.75 Å². The van der Waals surface area contributed by atoms with Crippen LogP contribution in [-0.2, 0) is 6.54 Å². The van der Waals surface area contributed by atoms with Gasteiger partial charge in [0.25, 0.3) is 5.91 Å². The van der Waals surface area contributed by atoms with Crippen molar-refractivity contribution in [1.29, 1.82) is 0 Å². The summed E-state index contributed by atoms with van der Waals surface area (Å²) < 4.78 is 6.31. The number of benzene rings is 1. The maximum absolute atomic E-state index is 13.3. The molecular weight excluding hydrogens is 446 g/mol. The molecule has 1 aliphatic rings. The molecule has 0 unspecified atom stereocenters. The van der Waals surface area contributed by atoms with Gasteiger partial charge in [0.05, 0.1) is 5.56 Å². The highest BCUT2D eigenvalue weighted by Crippen LogP contribution is 2.29. The number of anilines is 2. The lowest BCUT2D eigenvalue weighted by molar-refractivity contribution is 0.0754. The summed E-state index contributed by atoms with van der Waals surface area (Å²) >= 11 is 1.72. The number of rotatable bonds is 9. The molecule has 2 aromatic heterocycles. The molecule has 7 nitrogen and oxygen atoms in total. The first-order valence-corrected chi connectivity index (χ1v) is 12.5. The van der Waals surface area contributed by atoms with Gasteiger partial charge in [-0.2, -0.15) is 0 Å². The molecule has 0 saturated heterocycles. The van der Waals surface area contributed by atoms with Gasteiger partial charge >= 0.3 is 0 Å². The molecule has 1 N–H and O–H groups in total. The standard InChI is InChI=1S/C26H33N5O2S/c1-27-14-13-22(23-6-5-17-34-23)33-20-9-7-19(8-10-20)18-31-16-15-30(4)25-21(26(31)32)11-12-24(28-25)29(2)3/h5-12,17,22,27H,13-16,18H2,1-4H3/t22-/m0/s1. The van der Waals surface area contributed by atoms with Gasteiger partial charge in [-0.25, -0.2) is 4.98 Å². The van der Waals surface area contributed by atoms with E-state index >= 15 is 0 Å². The SMILES string of the molecule is CNCC[C@H](Oc1ccc(CN2CCN(C)c3nc(N(C)C)ccc3C2=O)cc1)c1cccs1. The number of fused-ring (bicyclic) bond motifs is 1. The van der Waals surface area contributed by atoms with Crippen molar-refractivity contribution in [2.75, 3.05) is 57.6 Å². The van der Waals surface area contributed by atoms with Gasteiger partial charge in [0.2, 0.25) is 0 Å². The third-order valence-electron chi connectivity index (χ3n) is 6.00. The second-order valence-corrected chi connectivity index (χ2v) is 9.72. The maximum atomic E-state index is 13.3. The highest BCUT2D eigenvalue weighted by atomic mass is 32.1. The van der Waals surface area contributed by atoms with E-state index < -0.39 is 0 Å². The van der Waals surface area contributed by atoms with Crippen LogP contribution in [-0.4, -0.2) is 63.6 Å². The molecule has 4 rings (SSSR count). The third kappa shape index (κ3) is 5.51. The van der Waals surface area contributed by atoms with Crippen molar-refractivity contribution in [3.05, 3.63) is 69.9 Å². The molecule has 1 aromatic carbocycles. The fourth-order valence-electron chi connectivity index (χ4n) is 4.01. The van der Waals surface area contributed by atoms with Crippen LogP contribution in [0.25, 0.3) is 0 Å². The summed E-state index contributed by atoms with van der Waals surface area (Å²) in [4.78, 5) is 25.2. The number of pyridine rings is 1. The van der Waals surface area contributed by atoms with E-state index in [0.29, 0.717) is 18.7 Å². The summed E-state index contributed by atoms with van der Waals surface area (Å²) in [6, 6.07) is 16.1. The van der Waals surface area contributed by atoms with Gasteiger partial charge in [-0.05, 0) is 54.9 Å². The van der Waals surface area contributed by atoms with Crippen molar-refractivity contribution in [3.8, 4) is 5.75 Å². The topological polar surface area (TPSA) is 60.9 Å². The van der Waals surface area contributed by atoms with Crippen LogP contribution in [0.2, 0.25) is 0 Å². The van der Waals surface area contributed by atoms with E-state index in [9.17, 15) is 4.79 Å². The number of nitrogens with zero attached hydrogens (tertiary/aromatic N) is 4. The van der Waals surface area contributed by atoms with E-state index in [1.54, 1.807) is 11.3 Å². The number of carbonyl (C=O) groups excluding carboxylic acids is 1. The molecule has 0 saturated carbocycles. The minimum Gasteiger partial charge on any atom is -0.485 e. The van der Waals surface area contributed by atoms with Crippen LogP contribution < -0.4 is 19.9 Å². The molecule has 0 aliphatic carbocycles. The first-order chi connectivity index (χ1) is 16.5. The minimum absolute atomic E-state index is 0.0160. The molecule has 34 heavy (non-hydrogen) atoms. The van der Waals surface area contributed by atoms with Crippen LogP contribution >= 0.6 is 11.3 Å². The Bertz CT molecular complexity index is 1090. The Hall–Kier alpha value is -3.10. The van der Waals surface area contributed by atoms with Crippen molar-refractivity contribution < 1.29 is 9.53 Å². The summed E-state index contributed by atoms with van der Waals surface area (Å²) in [7, 11) is 7.86. The molecule has 0 fully saturated rings. The smallest absolute Gasteiger partial charge is 0.257 e. The van der Waals surface area contributed by atoms with Gasteiger partial charge in [-0.15, -0.1) is 11.3 Å². The van der Waals surface area contributed by atoms with Gasteiger partial charge in [-0.3, -0.25) is 4.79 Å². The highest BCUT2D eigenvalue weighted by Gasteiger charge is 2.26. The largest absolute Gasteiger partial charge is 0.485 e. The number of carbonyl (C=O) groups is 1. The molecule has 0 bridgehead atoms. The number of nitrogens with one attached hydrogen (secondary N) is 1. The molecule has 1 atom stereocenters. The zero-order valence-electron chi connectivity index (χ0n) is 20.3. The fourth-order valence-corrected chi connectivity index (χ4v) is 4.80. The van der Waals surface area contributed by atoms with Crippen LogP contribution in [0.15, 0.2) is 53.9 Å². The number of hydrogen-bond donors (Lipinski definition) is 1. The van der Waals surface area contributed by atoms with Gasteiger partial charge in [0.15, 0.2) is 0 Å². The number of amides is 1. The molecule has 3 aromatic rings. The van der Waals surface area contributed by atoms with Gasteiger partial charge < -0.3 is 24.8 Å².